The van der Waals surface area contributed by atoms with Crippen LogP contribution in [0.2, 0.25) is 0 Å². The molecule has 0 aromatic rings. The second-order valence-electron chi connectivity index (χ2n) is 6.26. The first kappa shape index (κ1) is 20.3. The van der Waals surface area contributed by atoms with E-state index >= 15 is 0 Å². The maximum absolute atomic E-state index is 12.3. The molecule has 0 spiro atoms. The molecule has 0 bridgehead atoms. The fraction of sp³-hybridized carbons (Fsp3) is 0.571. The van der Waals surface area contributed by atoms with Crippen molar-refractivity contribution in [3.05, 3.63) is 35.5 Å². The van der Waals surface area contributed by atoms with Crippen LogP contribution in [0, 0.1) is 0 Å². The fourth-order valence-corrected chi connectivity index (χ4v) is 2.75. The van der Waals surface area contributed by atoms with Crippen molar-refractivity contribution in [2.24, 2.45) is 0 Å². The summed E-state index contributed by atoms with van der Waals surface area (Å²) in [6.45, 7) is 4.25. The summed E-state index contributed by atoms with van der Waals surface area (Å²) in [5, 5.41) is 0. The molecule has 0 aromatic carbocycles. The number of carbonyl (C=O) groups is 3. The van der Waals surface area contributed by atoms with Crippen LogP contribution in [0.1, 0.15) is 78.1 Å². The van der Waals surface area contributed by atoms with Gasteiger partial charge in [-0.3, -0.25) is 14.4 Å². The number of allylic oxidation sites excluding steroid dienone is 6. The molecule has 0 atom stereocenters. The van der Waals surface area contributed by atoms with Gasteiger partial charge in [0.15, 0.2) is 17.3 Å². The third-order valence-corrected chi connectivity index (χ3v) is 4.19. The first-order valence-electron chi connectivity index (χ1n) is 9.24. The van der Waals surface area contributed by atoms with Crippen molar-refractivity contribution >= 4 is 17.3 Å². The molecule has 24 heavy (non-hydrogen) atoms. The van der Waals surface area contributed by atoms with Crippen LogP contribution in [0.3, 0.4) is 0 Å². The molecule has 0 unspecified atom stereocenters. The Labute approximate surface area is 145 Å². The largest absolute Gasteiger partial charge is 0.294 e. The quantitative estimate of drug-likeness (QED) is 0.285. The van der Waals surface area contributed by atoms with E-state index in [-0.39, 0.29) is 35.8 Å². The molecule has 1 aliphatic rings. The SMILES string of the molecule is CCCC/C=C/CC(=O)C1=C(C(=O)C/C=C/CCCC)C(=O)CC1. The van der Waals surface area contributed by atoms with Gasteiger partial charge in [0, 0.05) is 24.8 Å². The average molecular weight is 330 g/mol. The van der Waals surface area contributed by atoms with E-state index in [0.717, 1.165) is 38.5 Å². The number of ketones is 3. The Morgan fingerprint density at radius 3 is 1.92 bits per heavy atom. The lowest BCUT2D eigenvalue weighted by atomic mass is 9.99. The summed E-state index contributed by atoms with van der Waals surface area (Å²) in [7, 11) is 0. The van der Waals surface area contributed by atoms with Crippen molar-refractivity contribution in [2.45, 2.75) is 78.1 Å². The highest BCUT2D eigenvalue weighted by molar-refractivity contribution is 6.27. The molecule has 3 nitrogen and oxygen atoms in total. The fourth-order valence-electron chi connectivity index (χ4n) is 2.75. The molecular weight excluding hydrogens is 300 g/mol. The Kier molecular flexibility index (Phi) is 9.90. The second-order valence-corrected chi connectivity index (χ2v) is 6.26. The molecule has 1 rings (SSSR count). The lowest BCUT2D eigenvalue weighted by Crippen LogP contribution is -2.12. The Hall–Kier alpha value is -1.77. The van der Waals surface area contributed by atoms with Crippen molar-refractivity contribution in [3.8, 4) is 0 Å². The zero-order valence-corrected chi connectivity index (χ0v) is 15.1. The third kappa shape index (κ3) is 6.77. The standard InChI is InChI=1S/C21H30O3/c1-3-5-7-9-11-13-18(22)17-15-16-20(24)21(17)19(23)14-12-10-8-6-4-2/h9-12H,3-8,13-16H2,1-2H3/b11-9+,12-10+. The van der Waals surface area contributed by atoms with Crippen LogP contribution in [-0.4, -0.2) is 17.3 Å². The van der Waals surface area contributed by atoms with Gasteiger partial charge in [-0.2, -0.15) is 0 Å². The third-order valence-electron chi connectivity index (χ3n) is 4.19. The highest BCUT2D eigenvalue weighted by Gasteiger charge is 2.30. The summed E-state index contributed by atoms with van der Waals surface area (Å²) >= 11 is 0. The Morgan fingerprint density at radius 1 is 0.833 bits per heavy atom. The number of hydrogen-bond acceptors (Lipinski definition) is 3. The van der Waals surface area contributed by atoms with Gasteiger partial charge >= 0.3 is 0 Å². The van der Waals surface area contributed by atoms with E-state index in [1.54, 1.807) is 0 Å². The molecule has 1 aliphatic carbocycles. The topological polar surface area (TPSA) is 51.2 Å². The predicted molar refractivity (Wildman–Crippen MR) is 97.8 cm³/mol. The number of Topliss-reactive ketones (excluding diaryl/α,β-unsaturated/α-hetero) is 3. The van der Waals surface area contributed by atoms with Crippen molar-refractivity contribution in [1.29, 1.82) is 0 Å². The number of unbranched alkanes of at least 4 members (excludes halogenated alkanes) is 4. The maximum atomic E-state index is 12.3. The van der Waals surface area contributed by atoms with Gasteiger partial charge in [-0.05, 0) is 19.3 Å². The van der Waals surface area contributed by atoms with Gasteiger partial charge in [0.05, 0.1) is 5.57 Å². The normalized spacial score (nSPS) is 15.2. The average Bonchev–Trinajstić information content (AvgIpc) is 2.96. The van der Waals surface area contributed by atoms with Crippen molar-refractivity contribution in [3.63, 3.8) is 0 Å². The zero-order valence-electron chi connectivity index (χ0n) is 15.1. The summed E-state index contributed by atoms with van der Waals surface area (Å²) in [5.74, 6) is -0.448. The zero-order chi connectivity index (χ0) is 17.8. The molecule has 132 valence electrons. The first-order chi connectivity index (χ1) is 11.6. The summed E-state index contributed by atoms with van der Waals surface area (Å²) < 4.78 is 0. The van der Waals surface area contributed by atoms with E-state index < -0.39 is 0 Å². The van der Waals surface area contributed by atoms with Gasteiger partial charge < -0.3 is 0 Å². The first-order valence-corrected chi connectivity index (χ1v) is 9.24. The van der Waals surface area contributed by atoms with Gasteiger partial charge in [0.1, 0.15) is 0 Å². The van der Waals surface area contributed by atoms with Crippen LogP contribution in [0.5, 0.6) is 0 Å². The Morgan fingerprint density at radius 2 is 1.38 bits per heavy atom. The number of carbonyl (C=O) groups excluding carboxylic acids is 3. The van der Waals surface area contributed by atoms with Crippen LogP contribution >= 0.6 is 0 Å². The minimum atomic E-state index is -0.205. The molecular formula is C21H30O3. The van der Waals surface area contributed by atoms with Crippen LogP contribution < -0.4 is 0 Å². The summed E-state index contributed by atoms with van der Waals surface area (Å²) in [5.41, 5.74) is 0.620. The van der Waals surface area contributed by atoms with E-state index in [0.29, 0.717) is 18.4 Å². The van der Waals surface area contributed by atoms with E-state index in [9.17, 15) is 14.4 Å². The lowest BCUT2D eigenvalue weighted by Gasteiger charge is -2.02. The summed E-state index contributed by atoms with van der Waals surface area (Å²) in [4.78, 5) is 36.6. The lowest BCUT2D eigenvalue weighted by molar-refractivity contribution is -0.121. The molecule has 3 heteroatoms. The molecule has 0 fully saturated rings. The van der Waals surface area contributed by atoms with Crippen molar-refractivity contribution in [2.75, 3.05) is 0 Å². The Bertz CT molecular complexity index is 535. The van der Waals surface area contributed by atoms with E-state index in [2.05, 4.69) is 13.8 Å². The minimum Gasteiger partial charge on any atom is -0.294 e. The van der Waals surface area contributed by atoms with Gasteiger partial charge in [0.25, 0.3) is 0 Å². The summed E-state index contributed by atoms with van der Waals surface area (Å²) in [6, 6.07) is 0. The highest BCUT2D eigenvalue weighted by Crippen LogP contribution is 2.26. The van der Waals surface area contributed by atoms with E-state index in [1.165, 1.54) is 0 Å². The highest BCUT2D eigenvalue weighted by atomic mass is 16.2. The molecule has 0 saturated carbocycles. The van der Waals surface area contributed by atoms with Crippen LogP contribution in [0.4, 0.5) is 0 Å². The van der Waals surface area contributed by atoms with Gasteiger partial charge in [-0.15, -0.1) is 0 Å². The monoisotopic (exact) mass is 330 g/mol. The van der Waals surface area contributed by atoms with Crippen molar-refractivity contribution < 1.29 is 14.4 Å². The van der Waals surface area contributed by atoms with E-state index in [4.69, 9.17) is 0 Å². The Balaban J connectivity index is 2.65. The van der Waals surface area contributed by atoms with E-state index in [1.807, 2.05) is 24.3 Å². The molecule has 0 aliphatic heterocycles. The van der Waals surface area contributed by atoms with Gasteiger partial charge in [-0.25, -0.2) is 0 Å². The van der Waals surface area contributed by atoms with Gasteiger partial charge in [0.2, 0.25) is 0 Å². The van der Waals surface area contributed by atoms with Crippen LogP contribution in [0.25, 0.3) is 0 Å². The van der Waals surface area contributed by atoms with Gasteiger partial charge in [-0.1, -0.05) is 63.8 Å². The second kappa shape index (κ2) is 11.7. The molecule has 0 aromatic heterocycles. The van der Waals surface area contributed by atoms with Crippen LogP contribution in [-0.2, 0) is 14.4 Å². The molecule has 0 saturated heterocycles. The number of hydrogen-bond donors (Lipinski definition) is 0. The minimum absolute atomic E-state index is 0.0769. The molecule has 0 heterocycles. The molecule has 0 amide bonds. The maximum Gasteiger partial charge on any atom is 0.170 e. The summed E-state index contributed by atoms with van der Waals surface area (Å²) in [6.07, 6.45) is 15.3. The smallest absolute Gasteiger partial charge is 0.170 e. The van der Waals surface area contributed by atoms with Crippen LogP contribution in [0.15, 0.2) is 35.5 Å². The molecule has 0 N–H and O–H groups in total. The molecule has 0 radical (unpaired) electrons. The predicted octanol–water partition coefficient (Wildman–Crippen LogP) is 5.06. The number of rotatable bonds is 12. The van der Waals surface area contributed by atoms with Crippen molar-refractivity contribution in [1.82, 2.24) is 0 Å².